The van der Waals surface area contributed by atoms with E-state index in [0.717, 1.165) is 4.57 Å². The van der Waals surface area contributed by atoms with E-state index in [1.807, 2.05) is 0 Å². The summed E-state index contributed by atoms with van der Waals surface area (Å²) in [5, 5.41) is 29.6. The summed E-state index contributed by atoms with van der Waals surface area (Å²) in [6.07, 6.45) is -3.87. The van der Waals surface area contributed by atoms with Gasteiger partial charge in [0.15, 0.2) is 17.4 Å². The van der Waals surface area contributed by atoms with Gasteiger partial charge < -0.3 is 25.8 Å². The minimum Gasteiger partial charge on any atom is -0.394 e. The van der Waals surface area contributed by atoms with Crippen molar-refractivity contribution in [3.05, 3.63) is 20.8 Å². The van der Waals surface area contributed by atoms with Crippen LogP contribution in [-0.4, -0.2) is 59.3 Å². The number of nitrogens with two attached hydrogens (primary N) is 1. The van der Waals surface area contributed by atoms with Crippen LogP contribution in [0.2, 0.25) is 0 Å². The van der Waals surface area contributed by atoms with E-state index in [9.17, 15) is 24.9 Å². The molecule has 1 aliphatic heterocycles. The van der Waals surface area contributed by atoms with E-state index in [2.05, 4.69) is 15.0 Å². The fraction of sp³-hybridized carbons (Fsp3) is 0.545. The molecule has 3 heterocycles. The SMILES string of the molecule is CC1(O)C(O)C(CO)OC1n1c(=O)[nH]c2c(=O)[nH]c(N)nc21. The van der Waals surface area contributed by atoms with E-state index >= 15 is 0 Å². The predicted molar refractivity (Wildman–Crippen MR) is 73.0 cm³/mol. The summed E-state index contributed by atoms with van der Waals surface area (Å²) < 4.78 is 6.24. The molecule has 4 unspecified atom stereocenters. The Balaban J connectivity index is 2.25. The van der Waals surface area contributed by atoms with Gasteiger partial charge in [0.2, 0.25) is 5.95 Å². The molecule has 2 aromatic heterocycles. The van der Waals surface area contributed by atoms with E-state index in [1.165, 1.54) is 6.92 Å². The van der Waals surface area contributed by atoms with Crippen molar-refractivity contribution in [2.45, 2.75) is 31.0 Å². The Labute approximate surface area is 122 Å². The Bertz CT molecular complexity index is 836. The zero-order valence-electron chi connectivity index (χ0n) is 11.5. The van der Waals surface area contributed by atoms with Gasteiger partial charge in [0.25, 0.3) is 5.56 Å². The average molecular weight is 313 g/mol. The van der Waals surface area contributed by atoms with Gasteiger partial charge in [-0.25, -0.2) is 9.36 Å². The number of aliphatic hydroxyl groups is 3. The fourth-order valence-corrected chi connectivity index (χ4v) is 2.61. The van der Waals surface area contributed by atoms with Crippen molar-refractivity contribution in [3.63, 3.8) is 0 Å². The van der Waals surface area contributed by atoms with Gasteiger partial charge >= 0.3 is 5.69 Å². The lowest BCUT2D eigenvalue weighted by Crippen LogP contribution is -2.45. The number of fused-ring (bicyclic) bond motifs is 1. The molecule has 1 saturated heterocycles. The minimum absolute atomic E-state index is 0.123. The molecule has 1 fully saturated rings. The summed E-state index contributed by atoms with van der Waals surface area (Å²) in [6, 6.07) is 0. The lowest BCUT2D eigenvalue weighted by atomic mass is 9.96. The Morgan fingerprint density at radius 1 is 1.45 bits per heavy atom. The van der Waals surface area contributed by atoms with Crippen LogP contribution in [-0.2, 0) is 4.74 Å². The van der Waals surface area contributed by atoms with Gasteiger partial charge in [-0.1, -0.05) is 0 Å². The molecule has 0 saturated carbocycles. The summed E-state index contributed by atoms with van der Waals surface area (Å²) in [5.74, 6) is -0.220. The summed E-state index contributed by atoms with van der Waals surface area (Å²) in [7, 11) is 0. The summed E-state index contributed by atoms with van der Waals surface area (Å²) in [4.78, 5) is 32.3. The van der Waals surface area contributed by atoms with Crippen molar-refractivity contribution < 1.29 is 20.1 Å². The number of nitrogens with one attached hydrogen (secondary N) is 2. The predicted octanol–water partition coefficient (Wildman–Crippen LogP) is -3.00. The van der Waals surface area contributed by atoms with Crippen LogP contribution in [0.5, 0.6) is 0 Å². The third-order valence-corrected chi connectivity index (χ3v) is 3.77. The van der Waals surface area contributed by atoms with E-state index in [-0.39, 0.29) is 17.1 Å². The first-order valence-electron chi connectivity index (χ1n) is 6.44. The number of nitrogens with zero attached hydrogens (tertiary/aromatic N) is 2. The maximum Gasteiger partial charge on any atom is 0.330 e. The normalized spacial score (nSPS) is 31.9. The van der Waals surface area contributed by atoms with E-state index in [4.69, 9.17) is 10.5 Å². The zero-order chi connectivity index (χ0) is 16.2. The smallest absolute Gasteiger partial charge is 0.330 e. The van der Waals surface area contributed by atoms with Crippen LogP contribution in [0.3, 0.4) is 0 Å². The Hall–Kier alpha value is -2.21. The number of imidazole rings is 1. The lowest BCUT2D eigenvalue weighted by Gasteiger charge is -2.26. The van der Waals surface area contributed by atoms with E-state index in [1.54, 1.807) is 0 Å². The maximum absolute atomic E-state index is 12.1. The molecule has 0 radical (unpaired) electrons. The van der Waals surface area contributed by atoms with Crippen LogP contribution < -0.4 is 17.0 Å². The first kappa shape index (κ1) is 14.7. The molecule has 0 spiro atoms. The van der Waals surface area contributed by atoms with Crippen LogP contribution in [0.4, 0.5) is 5.95 Å². The van der Waals surface area contributed by atoms with Crippen LogP contribution >= 0.6 is 0 Å². The van der Waals surface area contributed by atoms with Crippen LogP contribution in [0.15, 0.2) is 9.59 Å². The first-order valence-corrected chi connectivity index (χ1v) is 6.44. The second kappa shape index (κ2) is 4.64. The summed E-state index contributed by atoms with van der Waals surface area (Å²) >= 11 is 0. The maximum atomic E-state index is 12.1. The largest absolute Gasteiger partial charge is 0.394 e. The second-order valence-corrected chi connectivity index (χ2v) is 5.33. The lowest BCUT2D eigenvalue weighted by molar-refractivity contribution is -0.0963. The van der Waals surface area contributed by atoms with Gasteiger partial charge in [0.1, 0.15) is 17.8 Å². The highest BCUT2D eigenvalue weighted by Gasteiger charge is 2.53. The Morgan fingerprint density at radius 3 is 2.73 bits per heavy atom. The third-order valence-electron chi connectivity index (χ3n) is 3.77. The fourth-order valence-electron chi connectivity index (χ4n) is 2.61. The van der Waals surface area contributed by atoms with Crippen molar-refractivity contribution in [1.29, 1.82) is 0 Å². The van der Waals surface area contributed by atoms with Crippen LogP contribution in [0, 0.1) is 0 Å². The highest BCUT2D eigenvalue weighted by molar-refractivity contribution is 5.70. The van der Waals surface area contributed by atoms with Crippen molar-refractivity contribution >= 4 is 17.1 Å². The van der Waals surface area contributed by atoms with E-state index < -0.39 is 41.9 Å². The molecule has 2 aromatic rings. The van der Waals surface area contributed by atoms with Crippen LogP contribution in [0.1, 0.15) is 13.2 Å². The monoisotopic (exact) mass is 313 g/mol. The highest BCUT2D eigenvalue weighted by atomic mass is 16.6. The molecular weight excluding hydrogens is 298 g/mol. The quantitative estimate of drug-likeness (QED) is 0.339. The van der Waals surface area contributed by atoms with Gasteiger partial charge in [0, 0.05) is 0 Å². The molecule has 22 heavy (non-hydrogen) atoms. The van der Waals surface area contributed by atoms with Crippen molar-refractivity contribution in [2.75, 3.05) is 12.3 Å². The average Bonchev–Trinajstić information content (AvgIpc) is 2.86. The molecule has 0 aliphatic carbocycles. The summed E-state index contributed by atoms with van der Waals surface area (Å²) in [5.41, 5.74) is 1.89. The molecule has 1 aliphatic rings. The van der Waals surface area contributed by atoms with Gasteiger partial charge in [0.05, 0.1) is 6.61 Å². The molecule has 11 heteroatoms. The molecule has 120 valence electrons. The number of aromatic nitrogens is 4. The Kier molecular flexibility index (Phi) is 3.11. The molecule has 4 atom stereocenters. The van der Waals surface area contributed by atoms with Gasteiger partial charge in [-0.15, -0.1) is 0 Å². The standard InChI is InChI=1S/C11H15N5O6/c1-11(21)5(18)3(2-17)22-8(11)16-6-4(13-10(16)20)7(19)15-9(12)14-6/h3,5,8,17-18,21H,2H2,1H3,(H,13,20)(H3,12,14,15,19). The van der Waals surface area contributed by atoms with Crippen LogP contribution in [0.25, 0.3) is 11.2 Å². The van der Waals surface area contributed by atoms with E-state index in [0.29, 0.717) is 0 Å². The van der Waals surface area contributed by atoms with Crippen molar-refractivity contribution in [2.24, 2.45) is 0 Å². The number of aromatic amines is 2. The first-order chi connectivity index (χ1) is 10.3. The number of ether oxygens (including phenoxy) is 1. The molecule has 0 amide bonds. The zero-order valence-corrected chi connectivity index (χ0v) is 11.5. The molecule has 0 bridgehead atoms. The molecular formula is C11H15N5O6. The van der Waals surface area contributed by atoms with Gasteiger partial charge in [-0.2, -0.15) is 4.98 Å². The van der Waals surface area contributed by atoms with Gasteiger partial charge in [-0.05, 0) is 6.92 Å². The number of hydrogen-bond donors (Lipinski definition) is 6. The molecule has 3 rings (SSSR count). The topological polar surface area (TPSA) is 179 Å². The second-order valence-electron chi connectivity index (χ2n) is 5.33. The van der Waals surface area contributed by atoms with Crippen molar-refractivity contribution in [1.82, 2.24) is 19.5 Å². The van der Waals surface area contributed by atoms with Crippen molar-refractivity contribution in [3.8, 4) is 0 Å². The number of rotatable bonds is 2. The third kappa shape index (κ3) is 1.87. The number of aliphatic hydroxyl groups excluding tert-OH is 2. The Morgan fingerprint density at radius 2 is 2.14 bits per heavy atom. The summed E-state index contributed by atoms with van der Waals surface area (Å²) in [6.45, 7) is 0.695. The minimum atomic E-state index is -1.88. The number of hydrogen-bond acceptors (Lipinski definition) is 8. The number of H-pyrrole nitrogens is 2. The number of anilines is 1. The molecule has 0 aromatic carbocycles. The van der Waals surface area contributed by atoms with Gasteiger partial charge in [-0.3, -0.25) is 14.8 Å². The molecule has 11 nitrogen and oxygen atoms in total. The highest BCUT2D eigenvalue weighted by Crippen LogP contribution is 2.38. The molecule has 7 N–H and O–H groups in total. The number of nitrogen functional groups attached to an aromatic ring is 1.